The molecule has 23 heavy (non-hydrogen) atoms. The van der Waals surface area contributed by atoms with Crippen molar-refractivity contribution in [2.24, 2.45) is 5.92 Å². The molecule has 2 aromatic rings. The molecule has 0 bridgehead atoms. The summed E-state index contributed by atoms with van der Waals surface area (Å²) >= 11 is 0. The summed E-state index contributed by atoms with van der Waals surface area (Å²) in [6, 6.07) is 10.8. The molecule has 0 radical (unpaired) electrons. The lowest BCUT2D eigenvalue weighted by Gasteiger charge is -2.16. The van der Waals surface area contributed by atoms with Gasteiger partial charge in [0.15, 0.2) is 0 Å². The molecule has 4 N–H and O–H groups in total. The van der Waals surface area contributed by atoms with Crippen molar-refractivity contribution in [1.82, 2.24) is 0 Å². The van der Waals surface area contributed by atoms with E-state index in [-0.39, 0.29) is 30.6 Å². The second kappa shape index (κ2) is 7.81. The minimum absolute atomic E-state index is 0.00454. The van der Waals surface area contributed by atoms with E-state index in [0.717, 1.165) is 5.56 Å². The van der Waals surface area contributed by atoms with Crippen molar-refractivity contribution in [3.05, 3.63) is 53.6 Å². The fourth-order valence-electron chi connectivity index (χ4n) is 2.59. The predicted molar refractivity (Wildman–Crippen MR) is 91.3 cm³/mol. The van der Waals surface area contributed by atoms with Gasteiger partial charge in [-0.15, -0.1) is 0 Å². The Morgan fingerprint density at radius 1 is 1.00 bits per heavy atom. The predicted octanol–water partition coefficient (Wildman–Crippen LogP) is 2.94. The first kappa shape index (κ1) is 17.1. The van der Waals surface area contributed by atoms with Crippen LogP contribution in [0.3, 0.4) is 0 Å². The summed E-state index contributed by atoms with van der Waals surface area (Å²) in [6.45, 7) is 1.59. The van der Waals surface area contributed by atoms with Crippen LogP contribution in [0.1, 0.15) is 18.1 Å². The number of aliphatic hydroxyl groups excluding tert-OH is 2. The molecule has 0 atom stereocenters. The number of hydrogen-bond acceptors (Lipinski definition) is 4. The zero-order chi connectivity index (χ0) is 16.8. The molecule has 0 saturated heterocycles. The minimum atomic E-state index is -0.382. The van der Waals surface area contributed by atoms with Crippen molar-refractivity contribution >= 4 is 6.08 Å². The van der Waals surface area contributed by atoms with Crippen LogP contribution >= 0.6 is 0 Å². The lowest BCUT2D eigenvalue weighted by atomic mass is 9.91. The quantitative estimate of drug-likeness (QED) is 0.661. The first-order valence-corrected chi connectivity index (χ1v) is 7.65. The standard InChI is InChI=1S/C19H22O4/c1-2-15-16(9-8-13(11-20)12-21)19(18(23)10-17(15)22)14-6-4-3-5-7-14/h3-10,13,20-23H,2,11-12H2,1H3/b9-8+. The third kappa shape index (κ3) is 3.73. The van der Waals surface area contributed by atoms with Gasteiger partial charge in [0, 0.05) is 23.1 Å². The molecule has 2 aromatic carbocycles. The van der Waals surface area contributed by atoms with Crippen LogP contribution in [0.5, 0.6) is 11.5 Å². The van der Waals surface area contributed by atoms with Gasteiger partial charge in [0.05, 0.1) is 13.2 Å². The van der Waals surface area contributed by atoms with Crippen LogP contribution in [0.4, 0.5) is 0 Å². The van der Waals surface area contributed by atoms with Crippen LogP contribution in [0.2, 0.25) is 0 Å². The average molecular weight is 314 g/mol. The Kier molecular flexibility index (Phi) is 5.79. The van der Waals surface area contributed by atoms with Gasteiger partial charge in [0.1, 0.15) is 11.5 Å². The fraction of sp³-hybridized carbons (Fsp3) is 0.263. The molecule has 122 valence electrons. The van der Waals surface area contributed by atoms with Gasteiger partial charge in [-0.3, -0.25) is 0 Å². The SMILES string of the molecule is CCc1c(O)cc(O)c(-c2ccccc2)c1/C=C/C(CO)CO. The van der Waals surface area contributed by atoms with Gasteiger partial charge in [0.25, 0.3) is 0 Å². The molecule has 0 unspecified atom stereocenters. The zero-order valence-corrected chi connectivity index (χ0v) is 13.1. The van der Waals surface area contributed by atoms with Crippen LogP contribution in [0.15, 0.2) is 42.5 Å². The Labute approximate surface area is 136 Å². The van der Waals surface area contributed by atoms with Gasteiger partial charge in [0.2, 0.25) is 0 Å². The van der Waals surface area contributed by atoms with Crippen molar-refractivity contribution < 1.29 is 20.4 Å². The van der Waals surface area contributed by atoms with Crippen molar-refractivity contribution in [2.75, 3.05) is 13.2 Å². The molecular formula is C19H22O4. The molecule has 0 fully saturated rings. The highest BCUT2D eigenvalue weighted by Gasteiger charge is 2.16. The molecule has 0 spiro atoms. The number of hydrogen-bond donors (Lipinski definition) is 4. The summed E-state index contributed by atoms with van der Waals surface area (Å²) in [7, 11) is 0. The zero-order valence-electron chi connectivity index (χ0n) is 13.1. The van der Waals surface area contributed by atoms with Crippen LogP contribution in [-0.4, -0.2) is 33.6 Å². The van der Waals surface area contributed by atoms with E-state index in [4.69, 9.17) is 0 Å². The summed E-state index contributed by atoms with van der Waals surface area (Å²) in [5, 5.41) is 38.9. The van der Waals surface area contributed by atoms with Crippen molar-refractivity contribution in [3.8, 4) is 22.6 Å². The summed E-state index contributed by atoms with van der Waals surface area (Å²) in [4.78, 5) is 0. The summed E-state index contributed by atoms with van der Waals surface area (Å²) < 4.78 is 0. The van der Waals surface area contributed by atoms with E-state index in [1.807, 2.05) is 37.3 Å². The van der Waals surface area contributed by atoms with Crippen molar-refractivity contribution in [2.45, 2.75) is 13.3 Å². The number of benzene rings is 2. The molecule has 4 nitrogen and oxygen atoms in total. The number of aliphatic hydroxyl groups is 2. The third-order valence-electron chi connectivity index (χ3n) is 3.85. The average Bonchev–Trinajstić information content (AvgIpc) is 2.56. The number of rotatable bonds is 6. The molecule has 0 aliphatic rings. The van der Waals surface area contributed by atoms with E-state index < -0.39 is 0 Å². The fourth-order valence-corrected chi connectivity index (χ4v) is 2.59. The highest BCUT2D eigenvalue weighted by Crippen LogP contribution is 2.40. The lowest BCUT2D eigenvalue weighted by molar-refractivity contribution is 0.178. The van der Waals surface area contributed by atoms with Gasteiger partial charge in [-0.05, 0) is 17.5 Å². The van der Waals surface area contributed by atoms with Gasteiger partial charge in [-0.2, -0.15) is 0 Å². The molecule has 0 heterocycles. The largest absolute Gasteiger partial charge is 0.508 e. The number of phenols is 2. The molecule has 0 amide bonds. The van der Waals surface area contributed by atoms with Crippen LogP contribution < -0.4 is 0 Å². The molecular weight excluding hydrogens is 292 g/mol. The van der Waals surface area contributed by atoms with Crippen molar-refractivity contribution in [1.29, 1.82) is 0 Å². The maximum atomic E-state index is 10.3. The third-order valence-corrected chi connectivity index (χ3v) is 3.85. The summed E-state index contributed by atoms with van der Waals surface area (Å²) in [6.07, 6.45) is 4.03. The Hall–Kier alpha value is -2.30. The number of aromatic hydroxyl groups is 2. The monoisotopic (exact) mass is 314 g/mol. The van der Waals surface area contributed by atoms with Crippen LogP contribution in [-0.2, 0) is 6.42 Å². The Bertz CT molecular complexity index is 674. The minimum Gasteiger partial charge on any atom is -0.508 e. The number of phenolic OH excluding ortho intramolecular Hbond substituents is 2. The summed E-state index contributed by atoms with van der Waals surface area (Å²) in [5.74, 6) is -0.350. The second-order valence-corrected chi connectivity index (χ2v) is 5.39. The van der Waals surface area contributed by atoms with Crippen molar-refractivity contribution in [3.63, 3.8) is 0 Å². The molecule has 0 aliphatic carbocycles. The maximum Gasteiger partial charge on any atom is 0.127 e. The lowest BCUT2D eigenvalue weighted by Crippen LogP contribution is -2.07. The maximum absolute atomic E-state index is 10.3. The smallest absolute Gasteiger partial charge is 0.127 e. The van der Waals surface area contributed by atoms with E-state index in [0.29, 0.717) is 23.1 Å². The molecule has 0 aromatic heterocycles. The Balaban J connectivity index is 2.65. The van der Waals surface area contributed by atoms with Crippen LogP contribution in [0, 0.1) is 5.92 Å². The van der Waals surface area contributed by atoms with Gasteiger partial charge in [-0.1, -0.05) is 49.4 Å². The van der Waals surface area contributed by atoms with Gasteiger partial charge >= 0.3 is 0 Å². The van der Waals surface area contributed by atoms with Crippen LogP contribution in [0.25, 0.3) is 17.2 Å². The Morgan fingerprint density at radius 3 is 2.22 bits per heavy atom. The topological polar surface area (TPSA) is 80.9 Å². The molecule has 2 rings (SSSR count). The van der Waals surface area contributed by atoms with E-state index in [9.17, 15) is 20.4 Å². The van der Waals surface area contributed by atoms with E-state index >= 15 is 0 Å². The molecule has 4 heteroatoms. The van der Waals surface area contributed by atoms with Gasteiger partial charge < -0.3 is 20.4 Å². The molecule has 0 aliphatic heterocycles. The first-order chi connectivity index (χ1) is 11.1. The first-order valence-electron chi connectivity index (χ1n) is 7.65. The highest BCUT2D eigenvalue weighted by molar-refractivity contribution is 5.83. The Morgan fingerprint density at radius 2 is 1.65 bits per heavy atom. The van der Waals surface area contributed by atoms with E-state index in [2.05, 4.69) is 0 Å². The molecule has 0 saturated carbocycles. The summed E-state index contributed by atoms with van der Waals surface area (Å²) in [5.41, 5.74) is 2.88. The normalized spacial score (nSPS) is 11.5. The second-order valence-electron chi connectivity index (χ2n) is 5.39. The van der Waals surface area contributed by atoms with E-state index in [1.54, 1.807) is 12.2 Å². The highest BCUT2D eigenvalue weighted by atomic mass is 16.3. The van der Waals surface area contributed by atoms with E-state index in [1.165, 1.54) is 6.07 Å². The van der Waals surface area contributed by atoms with Gasteiger partial charge in [-0.25, -0.2) is 0 Å².